The van der Waals surface area contributed by atoms with E-state index in [9.17, 15) is 10.2 Å². The van der Waals surface area contributed by atoms with E-state index in [0.717, 1.165) is 16.6 Å². The largest absolute Gasteiger partial charge is 0.432 e. The molecule has 0 aliphatic carbocycles. The summed E-state index contributed by atoms with van der Waals surface area (Å²) in [6.45, 7) is 4.54. The third kappa shape index (κ3) is 2.38. The van der Waals surface area contributed by atoms with Crippen LogP contribution in [0.15, 0.2) is 16.8 Å². The Hall–Kier alpha value is -2.25. The van der Waals surface area contributed by atoms with E-state index in [4.69, 9.17) is 4.42 Å². The molecule has 3 aromatic heterocycles. The third-order valence-electron chi connectivity index (χ3n) is 3.57. The average Bonchev–Trinajstić information content (AvgIpc) is 2.85. The number of aliphatic hydroxyl groups excluding tert-OH is 2. The molecule has 3 heterocycles. The lowest BCUT2D eigenvalue weighted by Crippen LogP contribution is -2.30. The van der Waals surface area contributed by atoms with Crippen LogP contribution in [0.1, 0.15) is 11.3 Å². The highest BCUT2D eigenvalue weighted by molar-refractivity contribution is 6.06. The van der Waals surface area contributed by atoms with Gasteiger partial charge < -0.3 is 19.5 Å². The van der Waals surface area contributed by atoms with Crippen LogP contribution in [0.25, 0.3) is 22.2 Å². The zero-order valence-corrected chi connectivity index (χ0v) is 12.6. The minimum atomic E-state index is -0.0396. The lowest BCUT2D eigenvalue weighted by atomic mass is 10.1. The second-order valence-corrected chi connectivity index (χ2v) is 5.17. The van der Waals surface area contributed by atoms with Crippen molar-refractivity contribution in [3.8, 4) is 0 Å². The third-order valence-corrected chi connectivity index (χ3v) is 3.57. The first kappa shape index (κ1) is 14.7. The number of anilines is 1. The lowest BCUT2D eigenvalue weighted by molar-refractivity contribution is 0.280. The summed E-state index contributed by atoms with van der Waals surface area (Å²) in [4.78, 5) is 14.8. The molecule has 0 fully saturated rings. The van der Waals surface area contributed by atoms with Crippen molar-refractivity contribution >= 4 is 28.0 Å². The Kier molecular flexibility index (Phi) is 3.91. The number of nitrogens with zero attached hydrogens (tertiary/aromatic N) is 4. The minimum Gasteiger partial charge on any atom is -0.432 e. The van der Waals surface area contributed by atoms with Crippen molar-refractivity contribution in [3.63, 3.8) is 0 Å². The van der Waals surface area contributed by atoms with Gasteiger partial charge in [0.15, 0.2) is 11.4 Å². The molecule has 0 aliphatic rings. The van der Waals surface area contributed by atoms with E-state index in [2.05, 4.69) is 15.0 Å². The number of pyridine rings is 1. The number of fused-ring (bicyclic) bond motifs is 3. The Morgan fingerprint density at radius 3 is 2.55 bits per heavy atom. The van der Waals surface area contributed by atoms with Crippen LogP contribution in [0.5, 0.6) is 0 Å². The fourth-order valence-electron chi connectivity index (χ4n) is 2.69. The van der Waals surface area contributed by atoms with Gasteiger partial charge in [-0.1, -0.05) is 0 Å². The Bertz CT molecular complexity index is 809. The number of furan rings is 1. The van der Waals surface area contributed by atoms with E-state index in [-0.39, 0.29) is 13.2 Å². The monoisotopic (exact) mass is 302 g/mol. The Balaban J connectivity index is 2.26. The van der Waals surface area contributed by atoms with Crippen LogP contribution in [-0.4, -0.2) is 51.5 Å². The first-order valence-electron chi connectivity index (χ1n) is 7.13. The second kappa shape index (κ2) is 5.86. The molecule has 0 aliphatic heterocycles. The predicted molar refractivity (Wildman–Crippen MR) is 83.0 cm³/mol. The van der Waals surface area contributed by atoms with Crippen LogP contribution in [0.3, 0.4) is 0 Å². The zero-order valence-electron chi connectivity index (χ0n) is 12.6. The molecule has 0 atom stereocenters. The van der Waals surface area contributed by atoms with E-state index < -0.39 is 0 Å². The van der Waals surface area contributed by atoms with Gasteiger partial charge in [-0.15, -0.1) is 0 Å². The zero-order chi connectivity index (χ0) is 15.7. The van der Waals surface area contributed by atoms with Gasteiger partial charge in [0.05, 0.1) is 18.6 Å². The van der Waals surface area contributed by atoms with Crippen LogP contribution >= 0.6 is 0 Å². The molecule has 0 unspecified atom stereocenters. The maximum atomic E-state index is 9.21. The van der Waals surface area contributed by atoms with Crippen molar-refractivity contribution in [2.45, 2.75) is 13.8 Å². The van der Waals surface area contributed by atoms with Crippen LogP contribution in [-0.2, 0) is 0 Å². The van der Waals surface area contributed by atoms with Crippen LogP contribution in [0, 0.1) is 13.8 Å². The smallest absolute Gasteiger partial charge is 0.229 e. The molecule has 0 amide bonds. The Morgan fingerprint density at radius 1 is 1.14 bits per heavy atom. The molecular formula is C15H18N4O3. The summed E-state index contributed by atoms with van der Waals surface area (Å²) in [5.74, 6) is 0.558. The Labute approximate surface area is 127 Å². The van der Waals surface area contributed by atoms with Crippen LogP contribution in [0.4, 0.5) is 5.82 Å². The van der Waals surface area contributed by atoms with Gasteiger partial charge in [-0.2, -0.15) is 0 Å². The fraction of sp³-hybridized carbons (Fsp3) is 0.400. The summed E-state index contributed by atoms with van der Waals surface area (Å²) in [6, 6.07) is 1.98. The second-order valence-electron chi connectivity index (χ2n) is 5.17. The number of hydrogen-bond donors (Lipinski definition) is 2. The fourth-order valence-corrected chi connectivity index (χ4v) is 2.69. The number of aryl methyl sites for hydroxylation is 2. The summed E-state index contributed by atoms with van der Waals surface area (Å²) in [7, 11) is 0. The van der Waals surface area contributed by atoms with Crippen molar-refractivity contribution in [2.24, 2.45) is 0 Å². The van der Waals surface area contributed by atoms with E-state index in [1.165, 1.54) is 6.33 Å². The SMILES string of the molecule is Cc1cc(C)c2c(n1)oc1c(N(CCO)CCO)ncnc12. The summed E-state index contributed by atoms with van der Waals surface area (Å²) in [5.41, 5.74) is 3.68. The van der Waals surface area contributed by atoms with Crippen molar-refractivity contribution in [2.75, 3.05) is 31.2 Å². The molecule has 0 radical (unpaired) electrons. The topological polar surface area (TPSA) is 95.5 Å². The molecule has 0 saturated heterocycles. The van der Waals surface area contributed by atoms with Crippen molar-refractivity contribution < 1.29 is 14.6 Å². The highest BCUT2D eigenvalue weighted by atomic mass is 16.3. The van der Waals surface area contributed by atoms with E-state index in [1.54, 1.807) is 4.90 Å². The molecule has 0 bridgehead atoms. The molecule has 0 saturated carbocycles. The minimum absolute atomic E-state index is 0.0396. The summed E-state index contributed by atoms with van der Waals surface area (Å²) >= 11 is 0. The van der Waals surface area contributed by atoms with Gasteiger partial charge in [-0.3, -0.25) is 0 Å². The van der Waals surface area contributed by atoms with Crippen LogP contribution in [0.2, 0.25) is 0 Å². The number of aliphatic hydroxyl groups is 2. The van der Waals surface area contributed by atoms with E-state index in [1.807, 2.05) is 19.9 Å². The van der Waals surface area contributed by atoms with Gasteiger partial charge in [0.25, 0.3) is 0 Å². The maximum absolute atomic E-state index is 9.21. The highest BCUT2D eigenvalue weighted by Crippen LogP contribution is 2.33. The van der Waals surface area contributed by atoms with Crippen molar-refractivity contribution in [1.82, 2.24) is 15.0 Å². The van der Waals surface area contributed by atoms with E-state index in [0.29, 0.717) is 35.7 Å². The standard InChI is InChI=1S/C15H18N4O3/c1-9-7-10(2)18-15-11(9)12-13(22-15)14(17-8-16-12)19(3-5-20)4-6-21/h7-8,20-21H,3-6H2,1-2H3. The molecule has 0 aromatic carbocycles. The predicted octanol–water partition coefficient (Wildman–Crippen LogP) is 1.18. The van der Waals surface area contributed by atoms with E-state index >= 15 is 0 Å². The first-order valence-corrected chi connectivity index (χ1v) is 7.13. The van der Waals surface area contributed by atoms with Crippen molar-refractivity contribution in [1.29, 1.82) is 0 Å². The van der Waals surface area contributed by atoms with Crippen LogP contribution < -0.4 is 4.90 Å². The summed E-state index contributed by atoms with van der Waals surface area (Å²) < 4.78 is 5.88. The summed E-state index contributed by atoms with van der Waals surface area (Å²) in [5, 5.41) is 19.3. The van der Waals surface area contributed by atoms with Gasteiger partial charge in [-0.05, 0) is 25.5 Å². The van der Waals surface area contributed by atoms with Gasteiger partial charge in [0, 0.05) is 18.8 Å². The molecule has 3 rings (SSSR count). The Morgan fingerprint density at radius 2 is 1.86 bits per heavy atom. The molecule has 0 spiro atoms. The molecule has 116 valence electrons. The van der Waals surface area contributed by atoms with Gasteiger partial charge in [0.2, 0.25) is 5.71 Å². The van der Waals surface area contributed by atoms with Gasteiger partial charge >= 0.3 is 0 Å². The van der Waals surface area contributed by atoms with Gasteiger partial charge in [-0.25, -0.2) is 15.0 Å². The van der Waals surface area contributed by atoms with Gasteiger partial charge in [0.1, 0.15) is 11.8 Å². The molecular weight excluding hydrogens is 284 g/mol. The van der Waals surface area contributed by atoms with Crippen molar-refractivity contribution in [3.05, 3.63) is 23.7 Å². The number of rotatable bonds is 5. The number of aromatic nitrogens is 3. The molecule has 22 heavy (non-hydrogen) atoms. The maximum Gasteiger partial charge on any atom is 0.229 e. The lowest BCUT2D eigenvalue weighted by Gasteiger charge is -2.21. The summed E-state index contributed by atoms with van der Waals surface area (Å²) in [6.07, 6.45) is 1.47. The molecule has 7 nitrogen and oxygen atoms in total. The number of hydrogen-bond acceptors (Lipinski definition) is 7. The first-order chi connectivity index (χ1) is 10.7. The molecule has 7 heteroatoms. The molecule has 3 aromatic rings. The quantitative estimate of drug-likeness (QED) is 0.730. The normalized spacial score (nSPS) is 11.5. The average molecular weight is 302 g/mol. The molecule has 2 N–H and O–H groups in total. The highest BCUT2D eigenvalue weighted by Gasteiger charge is 2.19.